The highest BCUT2D eigenvalue weighted by Gasteiger charge is 2.48. The third-order valence-corrected chi connectivity index (χ3v) is 5.23. The van der Waals surface area contributed by atoms with Crippen LogP contribution in [0.5, 0.6) is 0 Å². The molecule has 0 amide bonds. The van der Waals surface area contributed by atoms with Gasteiger partial charge in [0.15, 0.2) is 0 Å². The molecule has 3 nitrogen and oxygen atoms in total. The average molecular weight is 236 g/mol. The van der Waals surface area contributed by atoms with E-state index in [2.05, 4.69) is 0 Å². The molecule has 0 aromatic rings. The smallest absolute Gasteiger partial charge is 0.310 e. The number of carboxylic acids is 1. The molecule has 0 aliphatic heterocycles. The summed E-state index contributed by atoms with van der Waals surface area (Å²) in [6.07, 6.45) is 6.89. The summed E-state index contributed by atoms with van der Waals surface area (Å²) in [6, 6.07) is 0. The highest BCUT2D eigenvalue weighted by Crippen LogP contribution is 2.57. The summed E-state index contributed by atoms with van der Waals surface area (Å²) < 4.78 is 0. The summed E-state index contributed by atoms with van der Waals surface area (Å²) in [5.74, 6) is 2.77. The molecule has 4 rings (SSSR count). The summed E-state index contributed by atoms with van der Waals surface area (Å²) >= 11 is 0. The van der Waals surface area contributed by atoms with E-state index in [1.807, 2.05) is 0 Å². The molecule has 0 spiro atoms. The van der Waals surface area contributed by atoms with E-state index in [-0.39, 0.29) is 12.2 Å². The first kappa shape index (κ1) is 11.2. The van der Waals surface area contributed by atoms with Gasteiger partial charge in [-0.25, -0.2) is 0 Å². The Balaban J connectivity index is 1.64. The van der Waals surface area contributed by atoms with Crippen molar-refractivity contribution in [1.82, 2.24) is 0 Å². The molecular weight excluding hydrogens is 216 g/mol. The highest BCUT2D eigenvalue weighted by atomic mass is 16.4. The van der Waals surface area contributed by atoms with Crippen molar-refractivity contribution in [1.29, 1.82) is 0 Å². The van der Waals surface area contributed by atoms with E-state index in [1.165, 1.54) is 32.1 Å². The molecule has 17 heavy (non-hydrogen) atoms. The maximum atomic E-state index is 11.7. The number of Topliss-reactive ketones (excluding diaryl/α,β-unsaturated/α-hetero) is 1. The van der Waals surface area contributed by atoms with Crippen LogP contribution in [0.2, 0.25) is 0 Å². The number of aliphatic carboxylic acids is 1. The molecule has 0 aromatic carbocycles. The molecule has 1 N–H and O–H groups in total. The Kier molecular flexibility index (Phi) is 2.72. The zero-order chi connectivity index (χ0) is 12.0. The van der Waals surface area contributed by atoms with Gasteiger partial charge in [0.1, 0.15) is 12.2 Å². The van der Waals surface area contributed by atoms with E-state index in [0.717, 1.165) is 23.7 Å². The third kappa shape index (κ3) is 2.12. The fourth-order valence-corrected chi connectivity index (χ4v) is 4.87. The van der Waals surface area contributed by atoms with Gasteiger partial charge in [0, 0.05) is 6.42 Å². The number of hydrogen-bond donors (Lipinski definition) is 1. The fourth-order valence-electron chi connectivity index (χ4n) is 4.87. The second-order valence-corrected chi connectivity index (χ2v) is 6.41. The number of carboxylic acid groups (broad SMARTS) is 1. The lowest BCUT2D eigenvalue weighted by Crippen LogP contribution is -2.45. The molecule has 3 heteroatoms. The van der Waals surface area contributed by atoms with Crippen LogP contribution in [0.15, 0.2) is 0 Å². The first-order valence-electron chi connectivity index (χ1n) is 6.85. The second-order valence-electron chi connectivity index (χ2n) is 6.41. The van der Waals surface area contributed by atoms with Crippen LogP contribution < -0.4 is 0 Å². The van der Waals surface area contributed by atoms with Crippen LogP contribution in [0.3, 0.4) is 0 Å². The number of carbonyl (C=O) groups excluding carboxylic acids is 1. The largest absolute Gasteiger partial charge is 0.481 e. The van der Waals surface area contributed by atoms with Gasteiger partial charge in [-0.15, -0.1) is 0 Å². The van der Waals surface area contributed by atoms with E-state index in [1.54, 1.807) is 0 Å². The van der Waals surface area contributed by atoms with Crippen molar-refractivity contribution in [3.63, 3.8) is 0 Å². The van der Waals surface area contributed by atoms with E-state index >= 15 is 0 Å². The highest BCUT2D eigenvalue weighted by molar-refractivity contribution is 5.94. The fraction of sp³-hybridized carbons (Fsp3) is 0.857. The first-order valence-corrected chi connectivity index (χ1v) is 6.85. The Hall–Kier alpha value is -0.860. The second kappa shape index (κ2) is 4.11. The molecule has 4 aliphatic carbocycles. The van der Waals surface area contributed by atoms with Gasteiger partial charge in [-0.3, -0.25) is 9.59 Å². The predicted molar refractivity (Wildman–Crippen MR) is 62.4 cm³/mol. The molecule has 0 atom stereocenters. The van der Waals surface area contributed by atoms with Crippen LogP contribution in [0.1, 0.15) is 44.9 Å². The summed E-state index contributed by atoms with van der Waals surface area (Å²) in [5, 5.41) is 8.64. The van der Waals surface area contributed by atoms with Gasteiger partial charge in [-0.05, 0) is 61.7 Å². The minimum absolute atomic E-state index is 0.0602. The lowest BCUT2D eigenvalue weighted by molar-refractivity contribution is -0.141. The molecule has 0 radical (unpaired) electrons. The zero-order valence-corrected chi connectivity index (χ0v) is 10.1. The van der Waals surface area contributed by atoms with Crippen molar-refractivity contribution in [3.05, 3.63) is 0 Å². The topological polar surface area (TPSA) is 54.4 Å². The van der Waals surface area contributed by atoms with Crippen LogP contribution >= 0.6 is 0 Å². The Labute approximate surface area is 102 Å². The van der Waals surface area contributed by atoms with Crippen LogP contribution in [0.25, 0.3) is 0 Å². The first-order chi connectivity index (χ1) is 8.11. The van der Waals surface area contributed by atoms with Crippen LogP contribution in [0, 0.1) is 29.6 Å². The minimum Gasteiger partial charge on any atom is -0.481 e. The lowest BCUT2D eigenvalue weighted by Gasteiger charge is -2.54. The summed E-state index contributed by atoms with van der Waals surface area (Å²) in [4.78, 5) is 22.2. The Bertz CT molecular complexity index is 319. The number of hydrogen-bond acceptors (Lipinski definition) is 2. The predicted octanol–water partition coefficient (Wildman–Crippen LogP) is 2.49. The van der Waals surface area contributed by atoms with Gasteiger partial charge in [0.2, 0.25) is 0 Å². The van der Waals surface area contributed by atoms with Crippen molar-refractivity contribution in [3.8, 4) is 0 Å². The molecule has 4 bridgehead atoms. The molecule has 4 aliphatic rings. The van der Waals surface area contributed by atoms with E-state index in [4.69, 9.17) is 5.11 Å². The normalized spacial score (nSPS) is 42.7. The van der Waals surface area contributed by atoms with E-state index in [0.29, 0.717) is 12.3 Å². The number of carbonyl (C=O) groups is 2. The summed E-state index contributed by atoms with van der Waals surface area (Å²) in [5.41, 5.74) is 0. The maximum Gasteiger partial charge on any atom is 0.310 e. The molecule has 0 saturated heterocycles. The van der Waals surface area contributed by atoms with Gasteiger partial charge in [-0.1, -0.05) is 0 Å². The zero-order valence-electron chi connectivity index (χ0n) is 10.1. The van der Waals surface area contributed by atoms with Crippen molar-refractivity contribution in [2.45, 2.75) is 44.9 Å². The van der Waals surface area contributed by atoms with Crippen LogP contribution in [-0.4, -0.2) is 16.9 Å². The van der Waals surface area contributed by atoms with Crippen molar-refractivity contribution in [2.24, 2.45) is 29.6 Å². The lowest BCUT2D eigenvalue weighted by atomic mass is 9.51. The van der Waals surface area contributed by atoms with Gasteiger partial charge in [0.05, 0.1) is 0 Å². The maximum absolute atomic E-state index is 11.7. The molecule has 94 valence electrons. The van der Waals surface area contributed by atoms with Gasteiger partial charge >= 0.3 is 5.97 Å². The van der Waals surface area contributed by atoms with E-state index in [9.17, 15) is 9.59 Å². The summed E-state index contributed by atoms with van der Waals surface area (Å²) in [7, 11) is 0. The van der Waals surface area contributed by atoms with Crippen molar-refractivity contribution in [2.75, 3.05) is 0 Å². The molecule has 4 fully saturated rings. The van der Waals surface area contributed by atoms with Crippen LogP contribution in [0.4, 0.5) is 0 Å². The van der Waals surface area contributed by atoms with Crippen LogP contribution in [-0.2, 0) is 9.59 Å². The van der Waals surface area contributed by atoms with Gasteiger partial charge in [0.25, 0.3) is 0 Å². The third-order valence-electron chi connectivity index (χ3n) is 5.23. The molecule has 0 heterocycles. The van der Waals surface area contributed by atoms with Crippen molar-refractivity contribution >= 4 is 11.8 Å². The Morgan fingerprint density at radius 2 is 1.47 bits per heavy atom. The Morgan fingerprint density at radius 1 is 0.941 bits per heavy atom. The number of ketones is 1. The van der Waals surface area contributed by atoms with Gasteiger partial charge in [-0.2, -0.15) is 0 Å². The molecule has 0 aromatic heterocycles. The van der Waals surface area contributed by atoms with Crippen molar-refractivity contribution < 1.29 is 14.7 Å². The molecule has 0 unspecified atom stereocenters. The minimum atomic E-state index is -0.973. The average Bonchev–Trinajstić information content (AvgIpc) is 2.21. The standard InChI is InChI=1S/C14H20O3/c15-12(7-14(16)17)6-13-10-2-8-1-9(4-10)5-11(13)3-8/h8-11,13H,1-7H2,(H,16,17). The van der Waals surface area contributed by atoms with E-state index < -0.39 is 5.97 Å². The quantitative estimate of drug-likeness (QED) is 0.763. The SMILES string of the molecule is O=C(O)CC(=O)CC1C2CC3CC(C2)CC1C3. The summed E-state index contributed by atoms with van der Waals surface area (Å²) in [6.45, 7) is 0. The molecule has 4 saturated carbocycles. The molecular formula is C14H20O3. The Morgan fingerprint density at radius 3 is 1.94 bits per heavy atom. The monoisotopic (exact) mass is 236 g/mol. The van der Waals surface area contributed by atoms with Gasteiger partial charge < -0.3 is 5.11 Å². The number of rotatable bonds is 4.